The van der Waals surface area contributed by atoms with E-state index in [1.807, 2.05) is 6.07 Å². The fourth-order valence-electron chi connectivity index (χ4n) is 1.40. The van der Waals surface area contributed by atoms with Gasteiger partial charge in [0.05, 0.1) is 6.20 Å². The van der Waals surface area contributed by atoms with Crippen LogP contribution >= 0.6 is 12.2 Å². The second-order valence-electron chi connectivity index (χ2n) is 4.82. The molecule has 0 aromatic carbocycles. The zero-order valence-corrected chi connectivity index (χ0v) is 10.9. The molecule has 1 N–H and O–H groups in total. The molecule has 0 unspecified atom stereocenters. The summed E-state index contributed by atoms with van der Waals surface area (Å²) in [6.07, 6.45) is 4.93. The van der Waals surface area contributed by atoms with E-state index in [1.165, 1.54) is 0 Å². The van der Waals surface area contributed by atoms with Crippen LogP contribution in [0.5, 0.6) is 0 Å². The Hall–Kier alpha value is -1.62. The van der Waals surface area contributed by atoms with E-state index in [9.17, 15) is 0 Å². The maximum Gasteiger partial charge on any atom is 0.159 e. The lowest BCUT2D eigenvalue weighted by atomic mass is 9.92. The largest absolute Gasteiger partial charge is 0.341 e. The van der Waals surface area contributed by atoms with Gasteiger partial charge in [0.25, 0.3) is 0 Å². The molecular weight excluding hydrogens is 232 g/mol. The van der Waals surface area contributed by atoms with Crippen LogP contribution in [0.1, 0.15) is 26.5 Å². The van der Waals surface area contributed by atoms with Crippen molar-refractivity contribution >= 4 is 12.2 Å². The normalized spacial score (nSPS) is 11.5. The molecule has 0 aliphatic carbocycles. The smallest absolute Gasteiger partial charge is 0.159 e. The highest BCUT2D eigenvalue weighted by Gasteiger charge is 2.16. The predicted molar refractivity (Wildman–Crippen MR) is 69.1 cm³/mol. The molecule has 0 aliphatic heterocycles. The van der Waals surface area contributed by atoms with Gasteiger partial charge in [0, 0.05) is 23.5 Å². The highest BCUT2D eigenvalue weighted by Crippen LogP contribution is 2.21. The summed E-state index contributed by atoms with van der Waals surface area (Å²) in [7, 11) is 0. The second-order valence-corrected chi connectivity index (χ2v) is 5.24. The maximum atomic E-state index is 5.18. The van der Waals surface area contributed by atoms with E-state index in [2.05, 4.69) is 40.7 Å². The summed E-state index contributed by atoms with van der Waals surface area (Å²) in [5.41, 5.74) is 1.73. The van der Waals surface area contributed by atoms with E-state index in [0.717, 1.165) is 5.69 Å². The zero-order chi connectivity index (χ0) is 12.5. The van der Waals surface area contributed by atoms with Crippen molar-refractivity contribution in [1.29, 1.82) is 0 Å². The van der Waals surface area contributed by atoms with Crippen LogP contribution in [0.4, 0.5) is 0 Å². The third-order valence-electron chi connectivity index (χ3n) is 2.36. The first kappa shape index (κ1) is 11.9. The number of aromatic amines is 1. The van der Waals surface area contributed by atoms with Gasteiger partial charge in [0.15, 0.2) is 5.82 Å². The summed E-state index contributed by atoms with van der Waals surface area (Å²) < 4.78 is 0.564. The van der Waals surface area contributed by atoms with Crippen molar-refractivity contribution in [2.75, 3.05) is 0 Å². The Bertz CT molecular complexity index is 569. The van der Waals surface area contributed by atoms with Crippen molar-refractivity contribution in [2.24, 2.45) is 0 Å². The Labute approximate surface area is 105 Å². The molecule has 0 spiro atoms. The van der Waals surface area contributed by atoms with Crippen molar-refractivity contribution in [3.05, 3.63) is 35.0 Å². The van der Waals surface area contributed by atoms with Crippen LogP contribution in [0.3, 0.4) is 0 Å². The van der Waals surface area contributed by atoms with Gasteiger partial charge in [-0.25, -0.2) is 9.97 Å². The summed E-state index contributed by atoms with van der Waals surface area (Å²) in [5, 5.41) is 0. The number of hydrogen-bond donors (Lipinski definition) is 1. The van der Waals surface area contributed by atoms with Gasteiger partial charge < -0.3 is 4.98 Å². The Balaban J connectivity index is 2.58. The molecule has 0 atom stereocenters. The molecule has 4 nitrogen and oxygen atoms in total. The molecular formula is C12H14N4S. The van der Waals surface area contributed by atoms with E-state index in [4.69, 9.17) is 12.2 Å². The Kier molecular flexibility index (Phi) is 3.02. The van der Waals surface area contributed by atoms with Crippen molar-refractivity contribution in [3.63, 3.8) is 0 Å². The van der Waals surface area contributed by atoms with Gasteiger partial charge in [-0.15, -0.1) is 0 Å². The third kappa shape index (κ3) is 2.74. The van der Waals surface area contributed by atoms with Gasteiger partial charge in [0.1, 0.15) is 10.3 Å². The van der Waals surface area contributed by atoms with Gasteiger partial charge in [-0.2, -0.15) is 0 Å². The van der Waals surface area contributed by atoms with E-state index in [-0.39, 0.29) is 5.41 Å². The standard InChI is InChI=1S/C12H14N4S/c1-12(2,3)9-6-10(17)16-11(15-9)8-7-13-4-5-14-8/h4-7H,1-3H3,(H,15,16,17). The quantitative estimate of drug-likeness (QED) is 0.786. The van der Waals surface area contributed by atoms with E-state index < -0.39 is 0 Å². The second kappa shape index (κ2) is 4.33. The van der Waals surface area contributed by atoms with Crippen molar-refractivity contribution in [3.8, 4) is 11.5 Å². The minimum absolute atomic E-state index is 0.00649. The minimum Gasteiger partial charge on any atom is -0.341 e. The molecule has 0 aliphatic rings. The Morgan fingerprint density at radius 2 is 2.00 bits per heavy atom. The average molecular weight is 246 g/mol. The van der Waals surface area contributed by atoms with Gasteiger partial charge in [-0.05, 0) is 6.07 Å². The number of rotatable bonds is 1. The summed E-state index contributed by atoms with van der Waals surface area (Å²) >= 11 is 5.18. The zero-order valence-electron chi connectivity index (χ0n) is 10.1. The first-order chi connectivity index (χ1) is 7.97. The number of aromatic nitrogens is 4. The summed E-state index contributed by atoms with van der Waals surface area (Å²) in [5.74, 6) is 0.663. The highest BCUT2D eigenvalue weighted by atomic mass is 32.1. The van der Waals surface area contributed by atoms with Crippen LogP contribution in [-0.2, 0) is 5.41 Å². The third-order valence-corrected chi connectivity index (χ3v) is 2.57. The Morgan fingerprint density at radius 1 is 1.24 bits per heavy atom. The summed E-state index contributed by atoms with van der Waals surface area (Å²) in [4.78, 5) is 15.8. The lowest BCUT2D eigenvalue weighted by Crippen LogP contribution is -2.14. The van der Waals surface area contributed by atoms with Crippen LogP contribution in [0.15, 0.2) is 24.7 Å². The lowest BCUT2D eigenvalue weighted by Gasteiger charge is -2.19. The van der Waals surface area contributed by atoms with Gasteiger partial charge in [0.2, 0.25) is 0 Å². The number of nitrogens with one attached hydrogen (secondary N) is 1. The van der Waals surface area contributed by atoms with Crippen LogP contribution < -0.4 is 0 Å². The van der Waals surface area contributed by atoms with Crippen molar-refractivity contribution in [1.82, 2.24) is 19.9 Å². The molecule has 17 heavy (non-hydrogen) atoms. The maximum absolute atomic E-state index is 5.18. The first-order valence-corrected chi connectivity index (χ1v) is 5.76. The molecule has 88 valence electrons. The summed E-state index contributed by atoms with van der Waals surface area (Å²) in [6, 6.07) is 1.88. The highest BCUT2D eigenvalue weighted by molar-refractivity contribution is 7.71. The van der Waals surface area contributed by atoms with Gasteiger partial charge in [-0.3, -0.25) is 4.98 Å². The molecule has 0 fully saturated rings. The fourth-order valence-corrected chi connectivity index (χ4v) is 1.61. The van der Waals surface area contributed by atoms with Crippen LogP contribution in [0, 0.1) is 4.64 Å². The molecule has 0 saturated heterocycles. The molecule has 2 heterocycles. The topological polar surface area (TPSA) is 54.5 Å². The Morgan fingerprint density at radius 3 is 2.59 bits per heavy atom. The SMILES string of the molecule is CC(C)(C)c1cc(=S)nc(-c2cnccn2)[nH]1. The molecule has 5 heteroatoms. The van der Waals surface area contributed by atoms with E-state index >= 15 is 0 Å². The van der Waals surface area contributed by atoms with Gasteiger partial charge in [-0.1, -0.05) is 33.0 Å². The first-order valence-electron chi connectivity index (χ1n) is 5.35. The molecule has 0 saturated carbocycles. The predicted octanol–water partition coefficient (Wildman–Crippen LogP) is 2.89. The summed E-state index contributed by atoms with van der Waals surface area (Å²) in [6.45, 7) is 6.36. The number of hydrogen-bond acceptors (Lipinski definition) is 4. The minimum atomic E-state index is -0.00649. The molecule has 2 rings (SSSR count). The van der Waals surface area contributed by atoms with Crippen LogP contribution in [0.25, 0.3) is 11.5 Å². The van der Waals surface area contributed by atoms with Gasteiger partial charge >= 0.3 is 0 Å². The van der Waals surface area contributed by atoms with Crippen molar-refractivity contribution < 1.29 is 0 Å². The average Bonchev–Trinajstić information content (AvgIpc) is 2.28. The molecule has 0 radical (unpaired) electrons. The van der Waals surface area contributed by atoms with E-state index in [1.54, 1.807) is 18.6 Å². The molecule has 2 aromatic rings. The van der Waals surface area contributed by atoms with E-state index in [0.29, 0.717) is 16.2 Å². The van der Waals surface area contributed by atoms with Crippen molar-refractivity contribution in [2.45, 2.75) is 26.2 Å². The molecule has 0 amide bonds. The monoisotopic (exact) mass is 246 g/mol. The molecule has 0 bridgehead atoms. The number of nitrogens with zero attached hydrogens (tertiary/aromatic N) is 3. The van der Waals surface area contributed by atoms with Crippen LogP contribution in [-0.4, -0.2) is 19.9 Å². The fraction of sp³-hybridized carbons (Fsp3) is 0.333. The van der Waals surface area contributed by atoms with Crippen LogP contribution in [0.2, 0.25) is 0 Å². The molecule has 2 aromatic heterocycles. The number of H-pyrrole nitrogens is 1. The lowest BCUT2D eigenvalue weighted by molar-refractivity contribution is 0.567.